The standard InChI is InChI=1S/C18H13Cl2N3O3S/c1-10-5-6-11(7-16(10)23(25)26)15-9-27-18(21-15)22-17(24)8-12-13(19)3-2-4-14(12)20/h2-7,9H,8H2,1H3,(H,21,22,24). The zero-order valence-corrected chi connectivity index (χ0v) is 16.4. The first-order valence-corrected chi connectivity index (χ1v) is 9.42. The van der Waals surface area contributed by atoms with Crippen molar-refractivity contribution in [1.82, 2.24) is 4.98 Å². The minimum atomic E-state index is -0.429. The molecule has 1 heterocycles. The van der Waals surface area contributed by atoms with Crippen molar-refractivity contribution in [2.75, 3.05) is 5.32 Å². The second kappa shape index (κ2) is 8.04. The molecule has 9 heteroatoms. The van der Waals surface area contributed by atoms with Crippen molar-refractivity contribution in [1.29, 1.82) is 0 Å². The molecule has 0 aliphatic heterocycles. The number of nitro benzene ring substituents is 1. The number of anilines is 1. The molecule has 0 aliphatic carbocycles. The van der Waals surface area contributed by atoms with E-state index in [1.165, 1.54) is 17.4 Å². The summed E-state index contributed by atoms with van der Waals surface area (Å²) in [5.74, 6) is -0.305. The molecule has 3 aromatic rings. The highest BCUT2D eigenvalue weighted by atomic mass is 35.5. The van der Waals surface area contributed by atoms with Crippen LogP contribution in [0, 0.1) is 17.0 Å². The molecule has 2 aromatic carbocycles. The number of thiazole rings is 1. The molecule has 6 nitrogen and oxygen atoms in total. The van der Waals surface area contributed by atoms with E-state index >= 15 is 0 Å². The van der Waals surface area contributed by atoms with E-state index in [0.29, 0.717) is 37.6 Å². The van der Waals surface area contributed by atoms with E-state index in [-0.39, 0.29) is 18.0 Å². The Morgan fingerprint density at radius 2 is 1.96 bits per heavy atom. The molecule has 0 unspecified atom stereocenters. The van der Waals surface area contributed by atoms with Crippen molar-refractivity contribution in [3.05, 3.63) is 73.1 Å². The van der Waals surface area contributed by atoms with Crippen LogP contribution in [0.4, 0.5) is 10.8 Å². The van der Waals surface area contributed by atoms with Gasteiger partial charge in [0.1, 0.15) is 0 Å². The number of benzene rings is 2. The van der Waals surface area contributed by atoms with Gasteiger partial charge in [0.15, 0.2) is 5.13 Å². The third kappa shape index (κ3) is 4.44. The van der Waals surface area contributed by atoms with Gasteiger partial charge < -0.3 is 5.32 Å². The Bertz CT molecular complexity index is 1020. The first-order chi connectivity index (χ1) is 12.8. The lowest BCUT2D eigenvalue weighted by molar-refractivity contribution is -0.385. The number of nitrogens with one attached hydrogen (secondary N) is 1. The van der Waals surface area contributed by atoms with Gasteiger partial charge in [0.05, 0.1) is 17.0 Å². The number of aromatic nitrogens is 1. The molecule has 0 fully saturated rings. The highest BCUT2D eigenvalue weighted by Gasteiger charge is 2.15. The molecule has 0 radical (unpaired) electrons. The van der Waals surface area contributed by atoms with Gasteiger partial charge in [-0.05, 0) is 24.6 Å². The van der Waals surface area contributed by atoms with Crippen LogP contribution >= 0.6 is 34.5 Å². The molecule has 27 heavy (non-hydrogen) atoms. The van der Waals surface area contributed by atoms with Crippen LogP contribution in [0.3, 0.4) is 0 Å². The number of carbonyl (C=O) groups is 1. The van der Waals surface area contributed by atoms with Crippen LogP contribution in [-0.2, 0) is 11.2 Å². The van der Waals surface area contributed by atoms with Crippen molar-refractivity contribution in [2.24, 2.45) is 0 Å². The van der Waals surface area contributed by atoms with Crippen LogP contribution in [-0.4, -0.2) is 15.8 Å². The smallest absolute Gasteiger partial charge is 0.272 e. The maximum atomic E-state index is 12.3. The monoisotopic (exact) mass is 421 g/mol. The lowest BCUT2D eigenvalue weighted by atomic mass is 10.1. The fraction of sp³-hybridized carbons (Fsp3) is 0.111. The molecule has 1 amide bonds. The van der Waals surface area contributed by atoms with E-state index < -0.39 is 4.92 Å². The number of halogens is 2. The normalized spacial score (nSPS) is 10.6. The van der Waals surface area contributed by atoms with Gasteiger partial charge in [-0.25, -0.2) is 4.98 Å². The van der Waals surface area contributed by atoms with Gasteiger partial charge in [0.25, 0.3) is 5.69 Å². The van der Waals surface area contributed by atoms with Gasteiger partial charge in [-0.15, -0.1) is 11.3 Å². The van der Waals surface area contributed by atoms with Crippen LogP contribution in [0.15, 0.2) is 41.8 Å². The Kier molecular flexibility index (Phi) is 5.74. The van der Waals surface area contributed by atoms with Crippen LogP contribution in [0.5, 0.6) is 0 Å². The Hall–Kier alpha value is -2.48. The first-order valence-electron chi connectivity index (χ1n) is 7.79. The first kappa shape index (κ1) is 19.3. The van der Waals surface area contributed by atoms with E-state index in [1.54, 1.807) is 42.6 Å². The summed E-state index contributed by atoms with van der Waals surface area (Å²) in [6.45, 7) is 1.68. The van der Waals surface area contributed by atoms with Gasteiger partial charge in [-0.3, -0.25) is 14.9 Å². The maximum Gasteiger partial charge on any atom is 0.272 e. The summed E-state index contributed by atoms with van der Waals surface area (Å²) in [6, 6.07) is 9.94. The molecule has 0 bridgehead atoms. The average Bonchev–Trinajstić information content (AvgIpc) is 3.07. The number of nitrogens with zero attached hydrogens (tertiary/aromatic N) is 2. The summed E-state index contributed by atoms with van der Waals surface area (Å²) < 4.78 is 0. The summed E-state index contributed by atoms with van der Waals surface area (Å²) in [5, 5.41) is 16.8. The number of rotatable bonds is 5. The zero-order chi connectivity index (χ0) is 19.6. The third-order valence-electron chi connectivity index (χ3n) is 3.85. The lowest BCUT2D eigenvalue weighted by Gasteiger charge is -2.06. The molecule has 0 atom stereocenters. The molecule has 138 valence electrons. The average molecular weight is 422 g/mol. The number of nitro groups is 1. The summed E-state index contributed by atoms with van der Waals surface area (Å²) in [7, 11) is 0. The van der Waals surface area contributed by atoms with Crippen LogP contribution in [0.25, 0.3) is 11.3 Å². The van der Waals surface area contributed by atoms with Gasteiger partial charge in [-0.1, -0.05) is 41.4 Å². The predicted molar refractivity (Wildman–Crippen MR) is 108 cm³/mol. The van der Waals surface area contributed by atoms with E-state index in [4.69, 9.17) is 23.2 Å². The fourth-order valence-electron chi connectivity index (χ4n) is 2.45. The highest BCUT2D eigenvalue weighted by molar-refractivity contribution is 7.14. The van der Waals surface area contributed by atoms with Gasteiger partial charge in [-0.2, -0.15) is 0 Å². The molecule has 0 spiro atoms. The van der Waals surface area contributed by atoms with Crippen molar-refractivity contribution >= 4 is 51.3 Å². The molecule has 1 aromatic heterocycles. The Morgan fingerprint density at radius 1 is 1.26 bits per heavy atom. The predicted octanol–water partition coefficient (Wildman–Crippen LogP) is 5.51. The molecular formula is C18H13Cl2N3O3S. The van der Waals surface area contributed by atoms with Gasteiger partial charge >= 0.3 is 0 Å². The molecule has 0 aliphatic rings. The Balaban J connectivity index is 1.76. The van der Waals surface area contributed by atoms with Gasteiger partial charge in [0, 0.05) is 32.6 Å². The summed E-state index contributed by atoms with van der Waals surface area (Å²) in [4.78, 5) is 27.3. The lowest BCUT2D eigenvalue weighted by Crippen LogP contribution is -2.14. The van der Waals surface area contributed by atoms with E-state index in [0.717, 1.165) is 0 Å². The second-order valence-corrected chi connectivity index (χ2v) is 7.39. The van der Waals surface area contributed by atoms with Crippen molar-refractivity contribution in [2.45, 2.75) is 13.3 Å². The minimum absolute atomic E-state index is 0.0173. The molecule has 1 N–H and O–H groups in total. The highest BCUT2D eigenvalue weighted by Crippen LogP contribution is 2.30. The van der Waals surface area contributed by atoms with E-state index in [9.17, 15) is 14.9 Å². The summed E-state index contributed by atoms with van der Waals surface area (Å²) in [6.07, 6.45) is 0.0173. The largest absolute Gasteiger partial charge is 0.302 e. The zero-order valence-electron chi connectivity index (χ0n) is 14.0. The topological polar surface area (TPSA) is 85.1 Å². The number of carbonyl (C=O) groups excluding carboxylic acids is 1. The number of aryl methyl sites for hydroxylation is 1. The molecule has 0 saturated carbocycles. The molecular weight excluding hydrogens is 409 g/mol. The Labute approximate surface area is 168 Å². The van der Waals surface area contributed by atoms with Crippen LogP contribution in [0.2, 0.25) is 10.0 Å². The SMILES string of the molecule is Cc1ccc(-c2csc(NC(=O)Cc3c(Cl)cccc3Cl)n2)cc1[N+](=O)[O-]. The number of amides is 1. The van der Waals surface area contributed by atoms with Gasteiger partial charge in [0.2, 0.25) is 5.91 Å². The fourth-order valence-corrected chi connectivity index (χ4v) is 3.72. The summed E-state index contributed by atoms with van der Waals surface area (Å²) >= 11 is 13.4. The Morgan fingerprint density at radius 3 is 2.63 bits per heavy atom. The number of hydrogen-bond donors (Lipinski definition) is 1. The van der Waals surface area contributed by atoms with Crippen LogP contribution < -0.4 is 5.32 Å². The summed E-state index contributed by atoms with van der Waals surface area (Å²) in [5.41, 5.74) is 2.31. The number of hydrogen-bond acceptors (Lipinski definition) is 5. The second-order valence-electron chi connectivity index (χ2n) is 5.72. The quantitative estimate of drug-likeness (QED) is 0.434. The molecule has 3 rings (SSSR count). The van der Waals surface area contributed by atoms with Crippen molar-refractivity contribution in [3.63, 3.8) is 0 Å². The van der Waals surface area contributed by atoms with E-state index in [2.05, 4.69) is 10.3 Å². The third-order valence-corrected chi connectivity index (χ3v) is 5.32. The van der Waals surface area contributed by atoms with E-state index in [1.807, 2.05) is 0 Å². The maximum absolute atomic E-state index is 12.3. The van der Waals surface area contributed by atoms with Crippen LogP contribution in [0.1, 0.15) is 11.1 Å². The van der Waals surface area contributed by atoms with Crippen molar-refractivity contribution < 1.29 is 9.72 Å². The minimum Gasteiger partial charge on any atom is -0.302 e. The molecule has 0 saturated heterocycles. The van der Waals surface area contributed by atoms with Crippen molar-refractivity contribution in [3.8, 4) is 11.3 Å².